The van der Waals surface area contributed by atoms with Crippen LogP contribution in [0.15, 0.2) is 35.4 Å². The van der Waals surface area contributed by atoms with Crippen LogP contribution in [0, 0.1) is 0 Å². The molecule has 3 N–H and O–H groups in total. The monoisotopic (exact) mass is 364 g/mol. The van der Waals surface area contributed by atoms with E-state index in [9.17, 15) is 9.59 Å². The molecule has 0 aliphatic rings. The van der Waals surface area contributed by atoms with Gasteiger partial charge < -0.3 is 10.6 Å². The quantitative estimate of drug-likeness (QED) is 0.376. The second-order valence-electron chi connectivity index (χ2n) is 6.66. The Morgan fingerprint density at radius 3 is 2.44 bits per heavy atom. The molecule has 0 spiro atoms. The number of hydrogen-bond donors (Lipinski definition) is 3. The maximum absolute atomic E-state index is 11.9. The van der Waals surface area contributed by atoms with Gasteiger partial charge in [-0.05, 0) is 34.1 Å². The number of thioether (sulfide) groups is 1. The molecule has 0 atom stereocenters. The highest BCUT2D eigenvalue weighted by atomic mass is 32.2. The van der Waals surface area contributed by atoms with E-state index >= 15 is 0 Å². The fourth-order valence-electron chi connectivity index (χ4n) is 1.84. The molecule has 1 aromatic rings. The van der Waals surface area contributed by atoms with Crippen LogP contribution < -0.4 is 16.1 Å². The highest BCUT2D eigenvalue weighted by Gasteiger charge is 2.12. The number of hydrogen-bond acceptors (Lipinski definition) is 5. The number of carbonyl (C=O) groups excluding carboxylic acids is 2. The molecule has 6 nitrogen and oxygen atoms in total. The lowest BCUT2D eigenvalue weighted by atomic mass is 10.1. The fraction of sp³-hybridized carbons (Fsp3) is 0.500. The van der Waals surface area contributed by atoms with Gasteiger partial charge in [0.2, 0.25) is 5.12 Å². The van der Waals surface area contributed by atoms with Crippen molar-refractivity contribution in [1.29, 1.82) is 0 Å². The molecule has 0 heterocycles. The summed E-state index contributed by atoms with van der Waals surface area (Å²) >= 11 is 1.31. The molecule has 0 unspecified atom stereocenters. The summed E-state index contributed by atoms with van der Waals surface area (Å²) in [6.45, 7) is 9.09. The van der Waals surface area contributed by atoms with Gasteiger partial charge in [-0.3, -0.25) is 4.79 Å². The summed E-state index contributed by atoms with van der Waals surface area (Å²) in [5, 5.41) is 10.2. The Labute approximate surface area is 154 Å². The Bertz CT molecular complexity index is 582. The molecule has 0 saturated carbocycles. The molecule has 2 amide bonds. The van der Waals surface area contributed by atoms with Crippen molar-refractivity contribution in [2.45, 2.75) is 39.7 Å². The highest BCUT2D eigenvalue weighted by molar-refractivity contribution is 8.14. The lowest BCUT2D eigenvalue weighted by molar-refractivity contribution is 0.108. The van der Waals surface area contributed by atoms with Crippen molar-refractivity contribution >= 4 is 28.6 Å². The van der Waals surface area contributed by atoms with E-state index in [2.05, 4.69) is 21.2 Å². The first kappa shape index (κ1) is 21.2. The number of rotatable bonds is 8. The Kier molecular flexibility index (Phi) is 9.23. The number of benzene rings is 1. The smallest absolute Gasteiger partial charge is 0.332 e. The Balaban J connectivity index is 2.11. The predicted octanol–water partition coefficient (Wildman–Crippen LogP) is 3.01. The lowest BCUT2D eigenvalue weighted by Crippen LogP contribution is -2.45. The van der Waals surface area contributed by atoms with Gasteiger partial charge >= 0.3 is 6.03 Å². The molecular formula is C18H28N4O2S. The van der Waals surface area contributed by atoms with Crippen LogP contribution in [0.3, 0.4) is 0 Å². The van der Waals surface area contributed by atoms with Gasteiger partial charge in [-0.25, -0.2) is 10.2 Å². The summed E-state index contributed by atoms with van der Waals surface area (Å²) in [7, 11) is 0. The van der Waals surface area contributed by atoms with Crippen molar-refractivity contribution in [1.82, 2.24) is 16.1 Å². The number of hydrazone groups is 1. The minimum Gasteiger partial charge on any atom is -0.332 e. The van der Waals surface area contributed by atoms with Crippen molar-refractivity contribution in [3.63, 3.8) is 0 Å². The van der Waals surface area contributed by atoms with Crippen LogP contribution in [-0.2, 0) is 0 Å². The zero-order valence-electron chi connectivity index (χ0n) is 15.4. The molecule has 25 heavy (non-hydrogen) atoms. The standard InChI is InChI=1S/C18H28N4O2S/c1-14(21-22-17(24)20-18(2,3)4)10-11-19-12-13-25-16(23)15-8-6-5-7-9-15/h5-9,19H,10-13H2,1-4H3,(H2,20,22,24). The number of carbonyl (C=O) groups is 2. The van der Waals surface area contributed by atoms with E-state index in [4.69, 9.17) is 0 Å². The van der Waals surface area contributed by atoms with Gasteiger partial charge in [0.05, 0.1) is 0 Å². The molecular weight excluding hydrogens is 336 g/mol. The molecule has 1 aromatic carbocycles. The molecule has 0 bridgehead atoms. The Morgan fingerprint density at radius 1 is 1.12 bits per heavy atom. The molecule has 7 heteroatoms. The average Bonchev–Trinajstić information content (AvgIpc) is 2.55. The molecule has 0 aromatic heterocycles. The van der Waals surface area contributed by atoms with Crippen LogP contribution in [0.1, 0.15) is 44.5 Å². The average molecular weight is 365 g/mol. The van der Waals surface area contributed by atoms with Crippen LogP contribution >= 0.6 is 11.8 Å². The maximum atomic E-state index is 11.9. The van der Waals surface area contributed by atoms with Crippen LogP contribution in [0.25, 0.3) is 0 Å². The van der Waals surface area contributed by atoms with E-state index in [0.29, 0.717) is 0 Å². The third-order valence-corrected chi connectivity index (χ3v) is 3.93. The van der Waals surface area contributed by atoms with Gasteiger partial charge in [0.1, 0.15) is 0 Å². The van der Waals surface area contributed by atoms with E-state index in [1.807, 2.05) is 58.0 Å². The van der Waals surface area contributed by atoms with E-state index in [0.717, 1.165) is 36.5 Å². The van der Waals surface area contributed by atoms with Crippen molar-refractivity contribution in [3.05, 3.63) is 35.9 Å². The Morgan fingerprint density at radius 2 is 1.80 bits per heavy atom. The molecule has 138 valence electrons. The lowest BCUT2D eigenvalue weighted by Gasteiger charge is -2.19. The normalized spacial score (nSPS) is 11.9. The van der Waals surface area contributed by atoms with Crippen LogP contribution in [0.5, 0.6) is 0 Å². The summed E-state index contributed by atoms with van der Waals surface area (Å²) in [5.74, 6) is 0.718. The van der Waals surface area contributed by atoms with E-state index in [1.165, 1.54) is 11.8 Å². The zero-order chi connectivity index (χ0) is 18.7. The van der Waals surface area contributed by atoms with Crippen molar-refractivity contribution in [3.8, 4) is 0 Å². The summed E-state index contributed by atoms with van der Waals surface area (Å²) in [4.78, 5) is 23.5. The Hall–Kier alpha value is -1.86. The van der Waals surface area contributed by atoms with Crippen LogP contribution in [0.2, 0.25) is 0 Å². The third-order valence-electron chi connectivity index (χ3n) is 3.02. The molecule has 1 rings (SSSR count). The highest BCUT2D eigenvalue weighted by Crippen LogP contribution is 2.11. The van der Waals surface area contributed by atoms with E-state index in [1.54, 1.807) is 0 Å². The summed E-state index contributed by atoms with van der Waals surface area (Å²) < 4.78 is 0. The van der Waals surface area contributed by atoms with Gasteiger partial charge in [0.15, 0.2) is 0 Å². The van der Waals surface area contributed by atoms with E-state index < -0.39 is 0 Å². The van der Waals surface area contributed by atoms with Gasteiger partial charge in [-0.15, -0.1) is 0 Å². The van der Waals surface area contributed by atoms with Gasteiger partial charge in [0.25, 0.3) is 0 Å². The summed E-state index contributed by atoms with van der Waals surface area (Å²) in [6.07, 6.45) is 0.729. The number of urea groups is 1. The molecule has 0 aliphatic carbocycles. The maximum Gasteiger partial charge on any atom is 0.335 e. The van der Waals surface area contributed by atoms with Gasteiger partial charge in [-0.2, -0.15) is 5.10 Å². The fourth-order valence-corrected chi connectivity index (χ4v) is 2.57. The minimum absolute atomic E-state index is 0.0919. The summed E-state index contributed by atoms with van der Waals surface area (Å²) in [5.41, 5.74) is 3.77. The largest absolute Gasteiger partial charge is 0.335 e. The van der Waals surface area contributed by atoms with Gasteiger partial charge in [-0.1, -0.05) is 42.1 Å². The first-order valence-electron chi connectivity index (χ1n) is 8.32. The number of nitrogens with zero attached hydrogens (tertiary/aromatic N) is 1. The second kappa shape index (κ2) is 10.9. The second-order valence-corrected chi connectivity index (χ2v) is 7.73. The van der Waals surface area contributed by atoms with Crippen LogP contribution in [-0.4, -0.2) is 41.2 Å². The van der Waals surface area contributed by atoms with Crippen LogP contribution in [0.4, 0.5) is 4.79 Å². The topological polar surface area (TPSA) is 82.6 Å². The van der Waals surface area contributed by atoms with Gasteiger partial charge in [0, 0.05) is 35.7 Å². The molecule has 0 fully saturated rings. The zero-order valence-corrected chi connectivity index (χ0v) is 16.2. The van der Waals surface area contributed by atoms with Crippen molar-refractivity contribution < 1.29 is 9.59 Å². The molecule has 0 radical (unpaired) electrons. The number of nitrogens with one attached hydrogen (secondary N) is 3. The minimum atomic E-state index is -0.310. The first-order valence-corrected chi connectivity index (χ1v) is 9.31. The first-order chi connectivity index (χ1) is 11.8. The third kappa shape index (κ3) is 10.6. The number of amides is 2. The predicted molar refractivity (Wildman–Crippen MR) is 105 cm³/mol. The summed E-state index contributed by atoms with van der Waals surface area (Å²) in [6, 6.07) is 8.97. The molecule has 0 saturated heterocycles. The van der Waals surface area contributed by atoms with E-state index in [-0.39, 0.29) is 16.7 Å². The SMILES string of the molecule is CC(CCNCCSC(=O)c1ccccc1)=NNC(=O)NC(C)(C)C. The van der Waals surface area contributed by atoms with Crippen molar-refractivity contribution in [2.24, 2.45) is 5.10 Å². The molecule has 0 aliphatic heterocycles. The van der Waals surface area contributed by atoms with Crippen molar-refractivity contribution in [2.75, 3.05) is 18.8 Å².